The first-order chi connectivity index (χ1) is 10.5. The molecule has 1 aromatic carbocycles. The Morgan fingerprint density at radius 3 is 2.86 bits per heavy atom. The van der Waals surface area contributed by atoms with Gasteiger partial charge in [-0.15, -0.1) is 0 Å². The highest BCUT2D eigenvalue weighted by Crippen LogP contribution is 2.61. The second-order valence-electron chi connectivity index (χ2n) is 8.60. The van der Waals surface area contributed by atoms with E-state index in [1.807, 2.05) is 0 Å². The van der Waals surface area contributed by atoms with Gasteiger partial charge >= 0.3 is 0 Å². The minimum atomic E-state index is 0.0356. The Bertz CT molecular complexity index is 598. The van der Waals surface area contributed by atoms with E-state index in [2.05, 4.69) is 56.3 Å². The number of likely N-dealkylation sites (tertiary alicyclic amines) is 1. The molecule has 0 amide bonds. The van der Waals surface area contributed by atoms with Gasteiger partial charge in [-0.2, -0.15) is 0 Å². The molecule has 2 nitrogen and oxygen atoms in total. The lowest BCUT2D eigenvalue weighted by Crippen LogP contribution is -2.36. The van der Waals surface area contributed by atoms with Gasteiger partial charge in [-0.25, -0.2) is 0 Å². The maximum absolute atomic E-state index is 4.75. The van der Waals surface area contributed by atoms with Crippen molar-refractivity contribution in [2.24, 2.45) is 16.3 Å². The molecule has 4 rings (SSSR count). The topological polar surface area (TPSA) is 15.6 Å². The SMILES string of the molecule is CC(C)(C)N=CN1C[C@H]2CC[C@H]3c4ccccc4CCC23C1. The van der Waals surface area contributed by atoms with Crippen LogP contribution in [0.25, 0.3) is 0 Å². The summed E-state index contributed by atoms with van der Waals surface area (Å²) in [6.07, 6.45) is 7.59. The van der Waals surface area contributed by atoms with E-state index in [0.29, 0.717) is 5.41 Å². The number of rotatable bonds is 1. The Balaban J connectivity index is 1.61. The van der Waals surface area contributed by atoms with Crippen LogP contribution in [-0.4, -0.2) is 29.9 Å². The Hall–Kier alpha value is -1.31. The molecule has 1 aromatic rings. The molecule has 22 heavy (non-hydrogen) atoms. The molecule has 0 bridgehead atoms. The van der Waals surface area contributed by atoms with Gasteiger partial charge in [-0.3, -0.25) is 4.99 Å². The number of nitrogens with zero attached hydrogens (tertiary/aromatic N) is 2. The quantitative estimate of drug-likeness (QED) is 0.558. The third-order valence-electron chi connectivity index (χ3n) is 6.16. The van der Waals surface area contributed by atoms with E-state index in [1.54, 1.807) is 11.1 Å². The predicted octanol–water partition coefficient (Wildman–Crippen LogP) is 4.26. The lowest BCUT2D eigenvalue weighted by Gasteiger charge is -2.40. The number of benzene rings is 1. The van der Waals surface area contributed by atoms with Crippen molar-refractivity contribution in [3.8, 4) is 0 Å². The fraction of sp³-hybridized carbons (Fsp3) is 0.650. The summed E-state index contributed by atoms with van der Waals surface area (Å²) in [6.45, 7) is 8.98. The van der Waals surface area contributed by atoms with E-state index in [9.17, 15) is 0 Å². The molecular formula is C20H28N2. The van der Waals surface area contributed by atoms with Crippen molar-refractivity contribution >= 4 is 6.34 Å². The fourth-order valence-corrected chi connectivity index (χ4v) is 5.20. The van der Waals surface area contributed by atoms with Gasteiger partial charge in [0.2, 0.25) is 0 Å². The van der Waals surface area contributed by atoms with Crippen molar-refractivity contribution in [1.29, 1.82) is 0 Å². The highest BCUT2D eigenvalue weighted by molar-refractivity contribution is 5.57. The van der Waals surface area contributed by atoms with Crippen LogP contribution in [0.5, 0.6) is 0 Å². The zero-order chi connectivity index (χ0) is 15.4. The van der Waals surface area contributed by atoms with E-state index in [4.69, 9.17) is 4.99 Å². The van der Waals surface area contributed by atoms with Crippen LogP contribution in [-0.2, 0) is 6.42 Å². The Morgan fingerprint density at radius 2 is 2.05 bits per heavy atom. The van der Waals surface area contributed by atoms with E-state index >= 15 is 0 Å². The normalized spacial score (nSPS) is 33.9. The summed E-state index contributed by atoms with van der Waals surface area (Å²) in [5.74, 6) is 1.66. The molecule has 2 heteroatoms. The van der Waals surface area contributed by atoms with Crippen LogP contribution in [0.3, 0.4) is 0 Å². The van der Waals surface area contributed by atoms with Gasteiger partial charge in [0.25, 0.3) is 0 Å². The number of aryl methyl sites for hydroxylation is 1. The number of hydrogen-bond donors (Lipinski definition) is 0. The average Bonchev–Trinajstić information content (AvgIpc) is 2.98. The summed E-state index contributed by atoms with van der Waals surface area (Å²) in [5, 5.41) is 0. The first-order valence-electron chi connectivity index (χ1n) is 8.85. The Morgan fingerprint density at radius 1 is 1.23 bits per heavy atom. The molecule has 118 valence electrons. The van der Waals surface area contributed by atoms with Crippen molar-refractivity contribution in [3.05, 3.63) is 35.4 Å². The molecular weight excluding hydrogens is 268 g/mol. The maximum Gasteiger partial charge on any atom is 0.0856 e. The van der Waals surface area contributed by atoms with Crippen LogP contribution in [0.1, 0.15) is 57.1 Å². The van der Waals surface area contributed by atoms with Gasteiger partial charge in [0.1, 0.15) is 0 Å². The molecule has 1 aliphatic heterocycles. The first-order valence-corrected chi connectivity index (χ1v) is 8.85. The van der Waals surface area contributed by atoms with E-state index < -0.39 is 0 Å². The summed E-state index contributed by atoms with van der Waals surface area (Å²) in [7, 11) is 0. The summed E-state index contributed by atoms with van der Waals surface area (Å²) in [6, 6.07) is 9.19. The van der Waals surface area contributed by atoms with E-state index in [1.165, 1.54) is 38.8 Å². The molecule has 3 atom stereocenters. The van der Waals surface area contributed by atoms with Gasteiger partial charge in [0.05, 0.1) is 11.9 Å². The maximum atomic E-state index is 4.75. The summed E-state index contributed by atoms with van der Waals surface area (Å²) < 4.78 is 0. The van der Waals surface area contributed by atoms with Crippen molar-refractivity contribution in [2.45, 2.75) is 57.9 Å². The average molecular weight is 296 g/mol. The minimum absolute atomic E-state index is 0.0356. The van der Waals surface area contributed by atoms with Crippen molar-refractivity contribution < 1.29 is 0 Å². The Kier molecular flexibility index (Phi) is 3.15. The summed E-state index contributed by atoms with van der Waals surface area (Å²) in [4.78, 5) is 7.26. The van der Waals surface area contributed by atoms with Gasteiger partial charge in [-0.05, 0) is 74.8 Å². The largest absolute Gasteiger partial charge is 0.362 e. The zero-order valence-electron chi connectivity index (χ0n) is 14.2. The van der Waals surface area contributed by atoms with E-state index in [-0.39, 0.29) is 5.54 Å². The van der Waals surface area contributed by atoms with Crippen LogP contribution in [0.15, 0.2) is 29.3 Å². The van der Waals surface area contributed by atoms with Crippen molar-refractivity contribution in [2.75, 3.05) is 13.1 Å². The van der Waals surface area contributed by atoms with Crippen LogP contribution >= 0.6 is 0 Å². The molecule has 1 heterocycles. The van der Waals surface area contributed by atoms with Gasteiger partial charge < -0.3 is 4.90 Å². The third-order valence-corrected chi connectivity index (χ3v) is 6.16. The molecule has 2 fully saturated rings. The monoisotopic (exact) mass is 296 g/mol. The first kappa shape index (κ1) is 14.3. The number of hydrogen-bond acceptors (Lipinski definition) is 1. The summed E-state index contributed by atoms with van der Waals surface area (Å²) in [5.41, 5.74) is 3.83. The molecule has 1 spiro atoms. The molecule has 0 radical (unpaired) electrons. The third kappa shape index (κ3) is 2.19. The van der Waals surface area contributed by atoms with Gasteiger partial charge in [0, 0.05) is 13.1 Å². The minimum Gasteiger partial charge on any atom is -0.362 e. The van der Waals surface area contributed by atoms with E-state index in [0.717, 1.165) is 11.8 Å². The van der Waals surface area contributed by atoms with Crippen molar-refractivity contribution in [1.82, 2.24) is 4.90 Å². The molecule has 1 saturated heterocycles. The predicted molar refractivity (Wildman–Crippen MR) is 92.5 cm³/mol. The molecule has 0 N–H and O–H groups in total. The second-order valence-corrected chi connectivity index (χ2v) is 8.60. The Labute approximate surface area is 134 Å². The van der Waals surface area contributed by atoms with Crippen LogP contribution in [0.4, 0.5) is 0 Å². The second kappa shape index (κ2) is 4.84. The van der Waals surface area contributed by atoms with Gasteiger partial charge in [-0.1, -0.05) is 24.3 Å². The summed E-state index contributed by atoms with van der Waals surface area (Å²) >= 11 is 0. The lowest BCUT2D eigenvalue weighted by atomic mass is 9.63. The highest BCUT2D eigenvalue weighted by atomic mass is 15.2. The molecule has 3 aliphatic rings. The molecule has 2 aliphatic carbocycles. The zero-order valence-corrected chi connectivity index (χ0v) is 14.2. The molecule has 1 unspecified atom stereocenters. The standard InChI is InChI=1S/C20H28N2/c1-19(2,3)21-14-22-12-16-8-9-18-17-7-5-4-6-15(17)10-11-20(16,18)13-22/h4-7,14,16,18H,8-13H2,1-3H3/t16-,18+,20?/m1/s1. The highest BCUT2D eigenvalue weighted by Gasteiger charge is 2.56. The van der Waals surface area contributed by atoms with Crippen LogP contribution in [0, 0.1) is 11.3 Å². The molecule has 1 saturated carbocycles. The van der Waals surface area contributed by atoms with Crippen molar-refractivity contribution in [3.63, 3.8) is 0 Å². The van der Waals surface area contributed by atoms with Crippen LogP contribution < -0.4 is 0 Å². The lowest BCUT2D eigenvalue weighted by molar-refractivity contribution is 0.196. The molecule has 0 aromatic heterocycles. The van der Waals surface area contributed by atoms with Crippen LogP contribution in [0.2, 0.25) is 0 Å². The fourth-order valence-electron chi connectivity index (χ4n) is 5.20. The smallest absolute Gasteiger partial charge is 0.0856 e. The number of aliphatic imine (C=N–C) groups is 1. The number of fused-ring (bicyclic) bond motifs is 2. The van der Waals surface area contributed by atoms with Gasteiger partial charge in [0.15, 0.2) is 0 Å².